The molecule has 1 fully saturated rings. The standard InChI is InChI=1S/C14H19N5O2/c1-11-8-12(16-21-11)9-14(20)19-6-3-2-4-13(19)10-18-7-5-15-17-18/h5,7-8,13H,2-4,6,9-10H2,1H3. The number of piperidine rings is 1. The summed E-state index contributed by atoms with van der Waals surface area (Å²) in [6.07, 6.45) is 6.99. The highest BCUT2D eigenvalue weighted by molar-refractivity contribution is 5.78. The molecular weight excluding hydrogens is 270 g/mol. The van der Waals surface area contributed by atoms with Crippen LogP contribution in [0.25, 0.3) is 0 Å². The summed E-state index contributed by atoms with van der Waals surface area (Å²) < 4.78 is 6.81. The summed E-state index contributed by atoms with van der Waals surface area (Å²) >= 11 is 0. The molecule has 0 spiro atoms. The molecule has 0 radical (unpaired) electrons. The van der Waals surface area contributed by atoms with Gasteiger partial charge in [-0.2, -0.15) is 0 Å². The van der Waals surface area contributed by atoms with Crippen molar-refractivity contribution in [3.8, 4) is 0 Å². The molecule has 0 aromatic carbocycles. The molecular formula is C14H19N5O2. The Morgan fingerprint density at radius 2 is 2.38 bits per heavy atom. The lowest BCUT2D eigenvalue weighted by Crippen LogP contribution is -2.46. The van der Waals surface area contributed by atoms with E-state index in [0.29, 0.717) is 18.7 Å². The second-order valence-corrected chi connectivity index (χ2v) is 5.47. The number of aryl methyl sites for hydroxylation is 1. The molecule has 3 heterocycles. The number of aromatic nitrogens is 4. The first-order chi connectivity index (χ1) is 10.2. The zero-order valence-corrected chi connectivity index (χ0v) is 12.1. The van der Waals surface area contributed by atoms with E-state index in [-0.39, 0.29) is 11.9 Å². The SMILES string of the molecule is Cc1cc(CC(=O)N2CCCCC2Cn2ccnn2)no1. The Bertz CT molecular complexity index is 592. The lowest BCUT2D eigenvalue weighted by atomic mass is 10.0. The van der Waals surface area contributed by atoms with Crippen molar-refractivity contribution in [2.24, 2.45) is 0 Å². The summed E-state index contributed by atoms with van der Waals surface area (Å²) in [7, 11) is 0. The molecule has 2 aromatic rings. The Balaban J connectivity index is 1.66. The van der Waals surface area contributed by atoms with Crippen LogP contribution in [0.15, 0.2) is 23.0 Å². The van der Waals surface area contributed by atoms with E-state index in [2.05, 4.69) is 15.5 Å². The monoisotopic (exact) mass is 289 g/mol. The normalized spacial score (nSPS) is 18.9. The van der Waals surface area contributed by atoms with Gasteiger partial charge in [-0.3, -0.25) is 9.48 Å². The van der Waals surface area contributed by atoms with Gasteiger partial charge in [0.1, 0.15) is 5.76 Å². The number of likely N-dealkylation sites (tertiary alicyclic amines) is 1. The van der Waals surface area contributed by atoms with Gasteiger partial charge in [0.15, 0.2) is 0 Å². The third-order valence-corrected chi connectivity index (χ3v) is 3.83. The molecule has 112 valence electrons. The van der Waals surface area contributed by atoms with Gasteiger partial charge >= 0.3 is 0 Å². The predicted octanol–water partition coefficient (Wildman–Crippen LogP) is 1.20. The Kier molecular flexibility index (Phi) is 3.98. The van der Waals surface area contributed by atoms with Crippen LogP contribution < -0.4 is 0 Å². The van der Waals surface area contributed by atoms with Crippen molar-refractivity contribution < 1.29 is 9.32 Å². The third-order valence-electron chi connectivity index (χ3n) is 3.83. The van der Waals surface area contributed by atoms with Crippen molar-refractivity contribution in [3.63, 3.8) is 0 Å². The molecule has 1 saturated heterocycles. The van der Waals surface area contributed by atoms with Crippen molar-refractivity contribution >= 4 is 5.91 Å². The number of amides is 1. The van der Waals surface area contributed by atoms with E-state index >= 15 is 0 Å². The van der Waals surface area contributed by atoms with Crippen LogP contribution in [0.2, 0.25) is 0 Å². The summed E-state index contributed by atoms with van der Waals surface area (Å²) in [6, 6.07) is 2.00. The van der Waals surface area contributed by atoms with Crippen molar-refractivity contribution in [1.29, 1.82) is 0 Å². The van der Waals surface area contributed by atoms with Crippen LogP contribution in [0.5, 0.6) is 0 Å². The quantitative estimate of drug-likeness (QED) is 0.845. The number of carbonyl (C=O) groups excluding carboxylic acids is 1. The predicted molar refractivity (Wildman–Crippen MR) is 74.3 cm³/mol. The van der Waals surface area contributed by atoms with Gasteiger partial charge < -0.3 is 9.42 Å². The lowest BCUT2D eigenvalue weighted by molar-refractivity contribution is -0.134. The number of hydrogen-bond donors (Lipinski definition) is 0. The molecule has 0 aliphatic carbocycles. The van der Waals surface area contributed by atoms with Crippen molar-refractivity contribution in [2.45, 2.75) is 45.2 Å². The summed E-state index contributed by atoms with van der Waals surface area (Å²) in [5.41, 5.74) is 0.697. The average molecular weight is 289 g/mol. The Morgan fingerprint density at radius 1 is 1.48 bits per heavy atom. The van der Waals surface area contributed by atoms with E-state index in [0.717, 1.165) is 31.6 Å². The Hall–Kier alpha value is -2.18. The molecule has 2 aromatic heterocycles. The zero-order chi connectivity index (χ0) is 14.7. The fraction of sp³-hybridized carbons (Fsp3) is 0.571. The smallest absolute Gasteiger partial charge is 0.229 e. The van der Waals surface area contributed by atoms with Gasteiger partial charge in [-0.1, -0.05) is 10.4 Å². The van der Waals surface area contributed by atoms with E-state index in [1.807, 2.05) is 24.1 Å². The highest BCUT2D eigenvalue weighted by atomic mass is 16.5. The molecule has 1 unspecified atom stereocenters. The fourth-order valence-corrected chi connectivity index (χ4v) is 2.82. The van der Waals surface area contributed by atoms with Gasteiger partial charge in [-0.05, 0) is 26.2 Å². The fourth-order valence-electron chi connectivity index (χ4n) is 2.82. The highest BCUT2D eigenvalue weighted by Gasteiger charge is 2.27. The van der Waals surface area contributed by atoms with Gasteiger partial charge in [0.05, 0.1) is 30.9 Å². The molecule has 0 saturated carbocycles. The molecule has 21 heavy (non-hydrogen) atoms. The third kappa shape index (κ3) is 3.29. The van der Waals surface area contributed by atoms with Crippen molar-refractivity contribution in [3.05, 3.63) is 29.9 Å². The van der Waals surface area contributed by atoms with Crippen LogP contribution in [0.4, 0.5) is 0 Å². The maximum absolute atomic E-state index is 12.5. The molecule has 1 aliphatic heterocycles. The Labute approximate surface area is 122 Å². The van der Waals surface area contributed by atoms with E-state index in [1.54, 1.807) is 10.9 Å². The van der Waals surface area contributed by atoms with E-state index < -0.39 is 0 Å². The summed E-state index contributed by atoms with van der Waals surface area (Å²) in [5, 5.41) is 11.7. The first-order valence-electron chi connectivity index (χ1n) is 7.28. The first kappa shape index (κ1) is 13.8. The molecule has 0 N–H and O–H groups in total. The van der Waals surface area contributed by atoms with Crippen LogP contribution in [-0.4, -0.2) is 43.5 Å². The summed E-state index contributed by atoms with van der Waals surface area (Å²) in [6.45, 7) is 3.33. The van der Waals surface area contributed by atoms with Gasteiger partial charge in [0.25, 0.3) is 0 Å². The van der Waals surface area contributed by atoms with E-state index in [9.17, 15) is 4.79 Å². The summed E-state index contributed by atoms with van der Waals surface area (Å²) in [5.74, 6) is 0.837. The minimum Gasteiger partial charge on any atom is -0.361 e. The largest absolute Gasteiger partial charge is 0.361 e. The van der Waals surface area contributed by atoms with E-state index in [4.69, 9.17) is 4.52 Å². The molecule has 1 amide bonds. The number of hydrogen-bond acceptors (Lipinski definition) is 5. The molecule has 0 bridgehead atoms. The minimum atomic E-state index is 0.105. The maximum atomic E-state index is 12.5. The van der Waals surface area contributed by atoms with Crippen LogP contribution >= 0.6 is 0 Å². The lowest BCUT2D eigenvalue weighted by Gasteiger charge is -2.35. The Morgan fingerprint density at radius 3 is 3.10 bits per heavy atom. The molecule has 1 atom stereocenters. The first-order valence-corrected chi connectivity index (χ1v) is 7.28. The second-order valence-electron chi connectivity index (χ2n) is 5.47. The molecule has 7 nitrogen and oxygen atoms in total. The van der Waals surface area contributed by atoms with Gasteiger partial charge in [-0.25, -0.2) is 0 Å². The number of rotatable bonds is 4. The van der Waals surface area contributed by atoms with Crippen LogP contribution in [0.3, 0.4) is 0 Å². The maximum Gasteiger partial charge on any atom is 0.229 e. The second kappa shape index (κ2) is 6.07. The van der Waals surface area contributed by atoms with Gasteiger partial charge in [0.2, 0.25) is 5.91 Å². The van der Waals surface area contributed by atoms with Crippen molar-refractivity contribution in [1.82, 2.24) is 25.1 Å². The topological polar surface area (TPSA) is 77.1 Å². The summed E-state index contributed by atoms with van der Waals surface area (Å²) in [4.78, 5) is 14.5. The van der Waals surface area contributed by atoms with Crippen LogP contribution in [0.1, 0.15) is 30.7 Å². The van der Waals surface area contributed by atoms with Crippen LogP contribution in [-0.2, 0) is 17.8 Å². The molecule has 1 aliphatic rings. The highest BCUT2D eigenvalue weighted by Crippen LogP contribution is 2.19. The molecule has 7 heteroatoms. The molecule has 3 rings (SSSR count). The van der Waals surface area contributed by atoms with Crippen molar-refractivity contribution in [2.75, 3.05) is 6.54 Å². The minimum absolute atomic E-state index is 0.105. The van der Waals surface area contributed by atoms with E-state index in [1.165, 1.54) is 0 Å². The number of carbonyl (C=O) groups is 1. The average Bonchev–Trinajstić information content (AvgIpc) is 3.11. The number of nitrogens with zero attached hydrogens (tertiary/aromatic N) is 5. The zero-order valence-electron chi connectivity index (χ0n) is 12.1. The van der Waals surface area contributed by atoms with Crippen LogP contribution in [0, 0.1) is 6.92 Å². The van der Waals surface area contributed by atoms with Gasteiger partial charge in [-0.15, -0.1) is 5.10 Å². The van der Waals surface area contributed by atoms with Gasteiger partial charge in [0, 0.05) is 18.8 Å².